The summed E-state index contributed by atoms with van der Waals surface area (Å²) in [5, 5.41) is 0. The van der Waals surface area contributed by atoms with E-state index in [9.17, 15) is 4.79 Å². The van der Waals surface area contributed by atoms with Gasteiger partial charge in [-0.2, -0.15) is 0 Å². The molecule has 1 aromatic rings. The highest BCUT2D eigenvalue weighted by atomic mass is 127. The minimum atomic E-state index is 0.233. The molecule has 3 heteroatoms. The molecule has 2 atom stereocenters. The number of nitrogens with zero attached hydrogens (tertiary/aromatic N) is 1. The molecule has 1 heterocycles. The van der Waals surface area contributed by atoms with Gasteiger partial charge in [0.1, 0.15) is 0 Å². The standard InChI is InChI=1S/C14H16INO/c1-8(10-6-7-10)16-9(2)11-4-3-5-12(15)13(11)14(16)17/h3-5,8-10H,6-7H2,1-2H3/t8-,9?/m0/s1. The van der Waals surface area contributed by atoms with Crippen LogP contribution in [-0.4, -0.2) is 16.8 Å². The maximum Gasteiger partial charge on any atom is 0.256 e. The van der Waals surface area contributed by atoms with Crippen LogP contribution < -0.4 is 0 Å². The average molecular weight is 341 g/mol. The summed E-state index contributed by atoms with van der Waals surface area (Å²) in [4.78, 5) is 14.6. The monoisotopic (exact) mass is 341 g/mol. The van der Waals surface area contributed by atoms with Crippen molar-refractivity contribution in [2.75, 3.05) is 0 Å². The smallest absolute Gasteiger partial charge is 0.256 e. The third-order valence-corrected chi connectivity index (χ3v) is 5.00. The molecule has 0 saturated heterocycles. The lowest BCUT2D eigenvalue weighted by molar-refractivity contribution is 0.0636. The summed E-state index contributed by atoms with van der Waals surface area (Å²) in [5.74, 6) is 0.963. The number of amides is 1. The van der Waals surface area contributed by atoms with E-state index in [1.54, 1.807) is 0 Å². The summed E-state index contributed by atoms with van der Waals surface area (Å²) in [6.45, 7) is 4.35. The number of hydrogen-bond donors (Lipinski definition) is 0. The van der Waals surface area contributed by atoms with Crippen LogP contribution in [0.1, 0.15) is 48.7 Å². The predicted molar refractivity (Wildman–Crippen MR) is 75.9 cm³/mol. The zero-order valence-electron chi connectivity index (χ0n) is 10.1. The van der Waals surface area contributed by atoms with Gasteiger partial charge in [0.05, 0.1) is 11.6 Å². The molecule has 1 amide bonds. The van der Waals surface area contributed by atoms with Gasteiger partial charge < -0.3 is 4.90 Å². The fourth-order valence-corrected chi connectivity index (χ4v) is 3.66. The van der Waals surface area contributed by atoms with E-state index in [0.29, 0.717) is 6.04 Å². The first kappa shape index (κ1) is 11.5. The number of carbonyl (C=O) groups is 1. The van der Waals surface area contributed by atoms with Gasteiger partial charge in [0.25, 0.3) is 5.91 Å². The van der Waals surface area contributed by atoms with E-state index in [0.717, 1.165) is 15.1 Å². The van der Waals surface area contributed by atoms with Crippen LogP contribution in [0, 0.1) is 9.49 Å². The average Bonchev–Trinajstić information content (AvgIpc) is 3.08. The molecule has 1 fully saturated rings. The first-order valence-corrected chi connectivity index (χ1v) is 7.30. The summed E-state index contributed by atoms with van der Waals surface area (Å²) < 4.78 is 1.09. The summed E-state index contributed by atoms with van der Waals surface area (Å²) in [6.07, 6.45) is 2.57. The lowest BCUT2D eigenvalue weighted by Gasteiger charge is -2.29. The van der Waals surface area contributed by atoms with E-state index in [1.165, 1.54) is 18.4 Å². The van der Waals surface area contributed by atoms with Gasteiger partial charge in [-0.15, -0.1) is 0 Å². The van der Waals surface area contributed by atoms with Gasteiger partial charge in [0.15, 0.2) is 0 Å². The van der Waals surface area contributed by atoms with Gasteiger partial charge in [-0.3, -0.25) is 4.79 Å². The highest BCUT2D eigenvalue weighted by Gasteiger charge is 2.42. The molecule has 0 spiro atoms. The van der Waals surface area contributed by atoms with E-state index < -0.39 is 0 Å². The van der Waals surface area contributed by atoms with Crippen molar-refractivity contribution in [3.05, 3.63) is 32.9 Å². The molecule has 1 aromatic carbocycles. The van der Waals surface area contributed by atoms with Crippen molar-refractivity contribution in [3.8, 4) is 0 Å². The second kappa shape index (κ2) is 3.97. The van der Waals surface area contributed by atoms with E-state index >= 15 is 0 Å². The molecule has 3 rings (SSSR count). The number of benzene rings is 1. The van der Waals surface area contributed by atoms with E-state index in [1.807, 2.05) is 6.07 Å². The summed E-state index contributed by atoms with van der Waals surface area (Å²) in [7, 11) is 0. The summed E-state index contributed by atoms with van der Waals surface area (Å²) >= 11 is 2.27. The molecular weight excluding hydrogens is 325 g/mol. The SMILES string of the molecule is CC1c2cccc(I)c2C(=O)N1[C@@H](C)C1CC1. The van der Waals surface area contributed by atoms with Crippen LogP contribution in [0.5, 0.6) is 0 Å². The molecule has 1 aliphatic carbocycles. The van der Waals surface area contributed by atoms with Crippen LogP contribution in [0.15, 0.2) is 18.2 Å². The number of rotatable bonds is 2. The number of halogens is 1. The highest BCUT2D eigenvalue weighted by Crippen LogP contribution is 2.43. The van der Waals surface area contributed by atoms with Crippen molar-refractivity contribution in [1.82, 2.24) is 4.90 Å². The van der Waals surface area contributed by atoms with Gasteiger partial charge in [-0.1, -0.05) is 12.1 Å². The molecule has 1 aliphatic heterocycles. The normalized spacial score (nSPS) is 25.0. The first-order valence-electron chi connectivity index (χ1n) is 6.22. The van der Waals surface area contributed by atoms with E-state index in [-0.39, 0.29) is 11.9 Å². The molecule has 2 aliphatic rings. The predicted octanol–water partition coefficient (Wildman–Crippen LogP) is 3.61. The molecule has 1 saturated carbocycles. The number of hydrogen-bond acceptors (Lipinski definition) is 1. The fourth-order valence-electron chi connectivity index (χ4n) is 2.91. The van der Waals surface area contributed by atoms with Crippen LogP contribution in [0.4, 0.5) is 0 Å². The van der Waals surface area contributed by atoms with Crippen molar-refractivity contribution >= 4 is 28.5 Å². The Morgan fingerprint density at radius 3 is 2.71 bits per heavy atom. The minimum absolute atomic E-state index is 0.233. The Hall–Kier alpha value is -0.580. The van der Waals surface area contributed by atoms with Gasteiger partial charge in [-0.25, -0.2) is 0 Å². The molecule has 90 valence electrons. The Bertz CT molecular complexity index is 481. The Balaban J connectivity index is 2.02. The van der Waals surface area contributed by atoms with Crippen LogP contribution in [0.2, 0.25) is 0 Å². The van der Waals surface area contributed by atoms with Crippen LogP contribution in [0.25, 0.3) is 0 Å². The second-order valence-electron chi connectivity index (χ2n) is 5.17. The Labute approximate surface area is 116 Å². The molecule has 17 heavy (non-hydrogen) atoms. The lowest BCUT2D eigenvalue weighted by Crippen LogP contribution is -2.36. The molecular formula is C14H16INO. The minimum Gasteiger partial charge on any atom is -0.329 e. The van der Waals surface area contributed by atoms with Crippen LogP contribution >= 0.6 is 22.6 Å². The first-order chi connectivity index (χ1) is 8.11. The number of carbonyl (C=O) groups excluding carboxylic acids is 1. The molecule has 0 radical (unpaired) electrons. The Kier molecular flexibility index (Phi) is 2.69. The number of fused-ring (bicyclic) bond motifs is 1. The topological polar surface area (TPSA) is 20.3 Å². The second-order valence-corrected chi connectivity index (χ2v) is 6.33. The molecule has 2 nitrogen and oxygen atoms in total. The Morgan fingerprint density at radius 2 is 2.12 bits per heavy atom. The lowest BCUT2D eigenvalue weighted by atomic mass is 10.1. The van der Waals surface area contributed by atoms with Gasteiger partial charge in [0, 0.05) is 9.61 Å². The zero-order chi connectivity index (χ0) is 12.2. The van der Waals surface area contributed by atoms with Crippen molar-refractivity contribution in [2.45, 2.75) is 38.8 Å². The van der Waals surface area contributed by atoms with Gasteiger partial charge in [-0.05, 0) is 66.8 Å². The maximum atomic E-state index is 12.5. The fraction of sp³-hybridized carbons (Fsp3) is 0.500. The van der Waals surface area contributed by atoms with Crippen molar-refractivity contribution in [3.63, 3.8) is 0 Å². The molecule has 0 bridgehead atoms. The van der Waals surface area contributed by atoms with E-state index in [4.69, 9.17) is 0 Å². The quantitative estimate of drug-likeness (QED) is 0.753. The highest BCUT2D eigenvalue weighted by molar-refractivity contribution is 14.1. The summed E-state index contributed by atoms with van der Waals surface area (Å²) in [5.41, 5.74) is 2.14. The maximum absolute atomic E-state index is 12.5. The molecule has 0 aromatic heterocycles. The van der Waals surface area contributed by atoms with Crippen molar-refractivity contribution in [1.29, 1.82) is 0 Å². The van der Waals surface area contributed by atoms with Crippen LogP contribution in [0.3, 0.4) is 0 Å². The largest absolute Gasteiger partial charge is 0.329 e. The molecule has 0 N–H and O–H groups in total. The Morgan fingerprint density at radius 1 is 1.41 bits per heavy atom. The summed E-state index contributed by atoms with van der Waals surface area (Å²) in [6, 6.07) is 6.80. The molecule has 1 unspecified atom stereocenters. The third-order valence-electron chi connectivity index (χ3n) is 4.10. The zero-order valence-corrected chi connectivity index (χ0v) is 12.3. The van der Waals surface area contributed by atoms with E-state index in [2.05, 4.69) is 53.5 Å². The van der Waals surface area contributed by atoms with Crippen molar-refractivity contribution < 1.29 is 4.79 Å². The van der Waals surface area contributed by atoms with Crippen molar-refractivity contribution in [2.24, 2.45) is 5.92 Å². The third kappa shape index (κ3) is 1.70. The van der Waals surface area contributed by atoms with Gasteiger partial charge in [0.2, 0.25) is 0 Å². The van der Waals surface area contributed by atoms with Crippen LogP contribution in [-0.2, 0) is 0 Å². The van der Waals surface area contributed by atoms with Gasteiger partial charge >= 0.3 is 0 Å².